The first-order valence-electron chi connectivity index (χ1n) is 4.17. The smallest absolute Gasteiger partial charge is 0.0639 e. The van der Waals surface area contributed by atoms with Crippen molar-refractivity contribution in [2.24, 2.45) is 4.99 Å². The van der Waals surface area contributed by atoms with Gasteiger partial charge in [0.1, 0.15) is 0 Å². The van der Waals surface area contributed by atoms with Crippen LogP contribution in [-0.4, -0.2) is 6.21 Å². The molecule has 0 bridgehead atoms. The molecule has 0 aliphatic carbocycles. The Bertz CT molecular complexity index is 361. The third-order valence-corrected chi connectivity index (χ3v) is 1.80. The maximum atomic E-state index is 4.09. The van der Waals surface area contributed by atoms with E-state index in [1.807, 2.05) is 48.8 Å². The largest absolute Gasteiger partial charge is 0.360 e. The third kappa shape index (κ3) is 1.85. The van der Waals surface area contributed by atoms with Crippen molar-refractivity contribution in [2.75, 3.05) is 0 Å². The molecule has 0 radical (unpaired) electrons. The molecular formula is C11H10N2. The van der Waals surface area contributed by atoms with Gasteiger partial charge in [0.15, 0.2) is 0 Å². The van der Waals surface area contributed by atoms with Crippen molar-refractivity contribution in [1.82, 2.24) is 5.32 Å². The van der Waals surface area contributed by atoms with E-state index in [-0.39, 0.29) is 0 Å². The van der Waals surface area contributed by atoms with E-state index >= 15 is 0 Å². The summed E-state index contributed by atoms with van der Waals surface area (Å²) in [7, 11) is 0. The molecule has 0 saturated heterocycles. The molecule has 13 heavy (non-hydrogen) atoms. The lowest BCUT2D eigenvalue weighted by Gasteiger charge is -2.04. The molecule has 2 nitrogen and oxygen atoms in total. The first-order valence-corrected chi connectivity index (χ1v) is 4.17. The molecule has 0 aromatic heterocycles. The van der Waals surface area contributed by atoms with Crippen molar-refractivity contribution in [3.63, 3.8) is 0 Å². The maximum absolute atomic E-state index is 4.09. The number of hydrogen-bond donors (Lipinski definition) is 1. The van der Waals surface area contributed by atoms with Crippen LogP contribution >= 0.6 is 0 Å². The fraction of sp³-hybridized carbons (Fsp3) is 0. The van der Waals surface area contributed by atoms with Gasteiger partial charge < -0.3 is 5.32 Å². The number of hydrogen-bond acceptors (Lipinski definition) is 2. The van der Waals surface area contributed by atoms with E-state index in [0.29, 0.717) is 0 Å². The lowest BCUT2D eigenvalue weighted by Crippen LogP contribution is -2.02. The van der Waals surface area contributed by atoms with Crippen molar-refractivity contribution >= 4 is 11.9 Å². The standard InChI is InChI=1S/C11H10N2/c1-2-5-10(6-3-1)11-9-12-7-4-8-13-11/h1-9,13H. The van der Waals surface area contributed by atoms with Crippen LogP contribution in [0, 0.1) is 0 Å². The highest BCUT2D eigenvalue weighted by molar-refractivity contribution is 5.76. The zero-order valence-electron chi connectivity index (χ0n) is 7.14. The number of aliphatic imine (C=N–C) groups is 1. The molecule has 1 N–H and O–H groups in total. The van der Waals surface area contributed by atoms with Gasteiger partial charge in [-0.15, -0.1) is 0 Å². The van der Waals surface area contributed by atoms with Crippen LogP contribution in [0.2, 0.25) is 0 Å². The van der Waals surface area contributed by atoms with E-state index < -0.39 is 0 Å². The fourth-order valence-corrected chi connectivity index (χ4v) is 1.16. The lowest BCUT2D eigenvalue weighted by atomic mass is 10.2. The minimum absolute atomic E-state index is 1.02. The second kappa shape index (κ2) is 3.72. The summed E-state index contributed by atoms with van der Waals surface area (Å²) in [5, 5.41) is 3.15. The zero-order valence-corrected chi connectivity index (χ0v) is 7.14. The van der Waals surface area contributed by atoms with Gasteiger partial charge in [-0.05, 0) is 11.6 Å². The molecule has 0 atom stereocenters. The van der Waals surface area contributed by atoms with E-state index in [4.69, 9.17) is 0 Å². The van der Waals surface area contributed by atoms with E-state index in [1.165, 1.54) is 0 Å². The minimum Gasteiger partial charge on any atom is -0.360 e. The molecule has 0 fully saturated rings. The van der Waals surface area contributed by atoms with Gasteiger partial charge in [-0.3, -0.25) is 4.99 Å². The molecule has 1 aromatic carbocycles. The Hall–Kier alpha value is -1.83. The maximum Gasteiger partial charge on any atom is 0.0639 e. The molecule has 1 heterocycles. The highest BCUT2D eigenvalue weighted by atomic mass is 14.9. The summed E-state index contributed by atoms with van der Waals surface area (Å²) < 4.78 is 0. The number of nitrogens with zero attached hydrogens (tertiary/aromatic N) is 1. The van der Waals surface area contributed by atoms with Gasteiger partial charge in [-0.2, -0.15) is 0 Å². The van der Waals surface area contributed by atoms with Gasteiger partial charge in [0.25, 0.3) is 0 Å². The zero-order chi connectivity index (χ0) is 8.93. The molecule has 0 saturated carbocycles. The van der Waals surface area contributed by atoms with Crippen LogP contribution in [0.1, 0.15) is 5.56 Å². The van der Waals surface area contributed by atoms with E-state index in [1.54, 1.807) is 6.21 Å². The first-order chi connectivity index (χ1) is 6.47. The summed E-state index contributed by atoms with van der Waals surface area (Å²) in [6.07, 6.45) is 7.31. The van der Waals surface area contributed by atoms with Crippen molar-refractivity contribution in [2.45, 2.75) is 0 Å². The van der Waals surface area contributed by atoms with Crippen LogP contribution in [0.25, 0.3) is 5.70 Å². The summed E-state index contributed by atoms with van der Waals surface area (Å²) in [5.74, 6) is 0. The molecule has 1 aliphatic rings. The molecule has 0 unspecified atom stereocenters. The Morgan fingerprint density at radius 3 is 2.77 bits per heavy atom. The van der Waals surface area contributed by atoms with Gasteiger partial charge in [-0.25, -0.2) is 0 Å². The van der Waals surface area contributed by atoms with E-state index in [2.05, 4.69) is 10.3 Å². The Balaban J connectivity index is 2.32. The van der Waals surface area contributed by atoms with Crippen molar-refractivity contribution < 1.29 is 0 Å². The summed E-state index contributed by atoms with van der Waals surface area (Å²) in [5.41, 5.74) is 2.16. The monoisotopic (exact) mass is 170 g/mol. The minimum atomic E-state index is 1.02. The molecular weight excluding hydrogens is 160 g/mol. The Morgan fingerprint density at radius 2 is 1.92 bits per heavy atom. The third-order valence-electron chi connectivity index (χ3n) is 1.80. The summed E-state index contributed by atoms with van der Waals surface area (Å²) >= 11 is 0. The lowest BCUT2D eigenvalue weighted by molar-refractivity contribution is 1.21. The van der Waals surface area contributed by atoms with Crippen LogP contribution in [-0.2, 0) is 0 Å². The van der Waals surface area contributed by atoms with Gasteiger partial charge in [0, 0.05) is 12.4 Å². The molecule has 64 valence electrons. The molecule has 1 aromatic rings. The number of allylic oxidation sites excluding steroid dienone is 1. The molecule has 2 heteroatoms. The van der Waals surface area contributed by atoms with Crippen molar-refractivity contribution in [1.29, 1.82) is 0 Å². The van der Waals surface area contributed by atoms with Crippen molar-refractivity contribution in [3.05, 3.63) is 54.4 Å². The average molecular weight is 170 g/mol. The second-order valence-corrected chi connectivity index (χ2v) is 2.71. The highest BCUT2D eigenvalue weighted by Gasteiger charge is 1.97. The first kappa shape index (κ1) is 7.80. The summed E-state index contributed by atoms with van der Waals surface area (Å²) in [6, 6.07) is 10.1. The Morgan fingerprint density at radius 1 is 1.08 bits per heavy atom. The van der Waals surface area contributed by atoms with Crippen LogP contribution < -0.4 is 5.32 Å². The van der Waals surface area contributed by atoms with Gasteiger partial charge in [-0.1, -0.05) is 30.3 Å². The van der Waals surface area contributed by atoms with Crippen LogP contribution in [0.4, 0.5) is 0 Å². The van der Waals surface area contributed by atoms with E-state index in [9.17, 15) is 0 Å². The predicted molar refractivity (Wildman–Crippen MR) is 55.2 cm³/mol. The second-order valence-electron chi connectivity index (χ2n) is 2.71. The predicted octanol–water partition coefficient (Wildman–Crippen LogP) is 2.17. The molecule has 0 amide bonds. The molecule has 2 rings (SSSR count). The number of rotatable bonds is 1. The van der Waals surface area contributed by atoms with E-state index in [0.717, 1.165) is 11.3 Å². The Kier molecular flexibility index (Phi) is 2.23. The molecule has 0 spiro atoms. The van der Waals surface area contributed by atoms with Gasteiger partial charge >= 0.3 is 0 Å². The highest BCUT2D eigenvalue weighted by Crippen LogP contribution is 2.11. The normalized spacial score (nSPS) is 14.6. The SMILES string of the molecule is C1=CNC(c2ccccc2)=CN=C1. The Labute approximate surface area is 77.3 Å². The quantitative estimate of drug-likeness (QED) is 0.686. The van der Waals surface area contributed by atoms with Crippen LogP contribution in [0.15, 0.2) is 53.8 Å². The summed E-state index contributed by atoms with van der Waals surface area (Å²) in [6.45, 7) is 0. The van der Waals surface area contributed by atoms with Crippen LogP contribution in [0.5, 0.6) is 0 Å². The van der Waals surface area contributed by atoms with Gasteiger partial charge in [0.2, 0.25) is 0 Å². The average Bonchev–Trinajstić information content (AvgIpc) is 2.47. The number of nitrogens with one attached hydrogen (secondary N) is 1. The van der Waals surface area contributed by atoms with Gasteiger partial charge in [0.05, 0.1) is 11.9 Å². The van der Waals surface area contributed by atoms with Crippen molar-refractivity contribution in [3.8, 4) is 0 Å². The topological polar surface area (TPSA) is 24.4 Å². The number of benzene rings is 1. The summed E-state index contributed by atoms with van der Waals surface area (Å²) in [4.78, 5) is 4.09. The van der Waals surface area contributed by atoms with Crippen LogP contribution in [0.3, 0.4) is 0 Å². The fourth-order valence-electron chi connectivity index (χ4n) is 1.16. The molecule has 1 aliphatic heterocycles.